The molecule has 2 aromatic heterocycles. The third-order valence-electron chi connectivity index (χ3n) is 7.59. The highest BCUT2D eigenvalue weighted by molar-refractivity contribution is 6.09. The second kappa shape index (κ2) is 8.22. The lowest BCUT2D eigenvalue weighted by Gasteiger charge is -2.11. The van der Waals surface area contributed by atoms with Gasteiger partial charge < -0.3 is 8.98 Å². The van der Waals surface area contributed by atoms with E-state index in [1.165, 1.54) is 38.5 Å². The fourth-order valence-corrected chi connectivity index (χ4v) is 5.81. The molecule has 0 N–H and O–H groups in total. The second-order valence-electron chi connectivity index (χ2n) is 9.81. The fourth-order valence-electron chi connectivity index (χ4n) is 5.81. The van der Waals surface area contributed by atoms with Gasteiger partial charge in [0.15, 0.2) is 0 Å². The molecule has 0 aliphatic heterocycles. The van der Waals surface area contributed by atoms with Crippen molar-refractivity contribution in [3.63, 3.8) is 0 Å². The summed E-state index contributed by atoms with van der Waals surface area (Å²) in [5.41, 5.74) is 10.2. The first-order valence-corrected chi connectivity index (χ1v) is 12.9. The average Bonchev–Trinajstić information content (AvgIpc) is 3.53. The molecule has 0 spiro atoms. The van der Waals surface area contributed by atoms with Gasteiger partial charge in [0.05, 0.1) is 11.0 Å². The number of benzene rings is 6. The van der Waals surface area contributed by atoms with Crippen molar-refractivity contribution < 1.29 is 4.42 Å². The Kier molecular flexibility index (Phi) is 4.55. The highest BCUT2D eigenvalue weighted by Gasteiger charge is 2.13. The Bertz CT molecular complexity index is 2090. The summed E-state index contributed by atoms with van der Waals surface area (Å²) in [6, 6.07) is 49.6. The molecule has 0 atom stereocenters. The molecule has 2 nitrogen and oxygen atoms in total. The molecule has 0 unspecified atom stereocenters. The minimum Gasteiger partial charge on any atom is -0.456 e. The normalized spacial score (nSPS) is 11.7. The average molecular weight is 486 g/mol. The fraction of sp³-hybridized carbons (Fsp3) is 0. The van der Waals surface area contributed by atoms with Crippen LogP contribution in [-0.2, 0) is 0 Å². The maximum atomic E-state index is 6.15. The summed E-state index contributed by atoms with van der Waals surface area (Å²) in [6.45, 7) is 0. The Morgan fingerprint density at radius 3 is 1.66 bits per heavy atom. The molecular weight excluding hydrogens is 462 g/mol. The van der Waals surface area contributed by atoms with Gasteiger partial charge in [-0.3, -0.25) is 0 Å². The summed E-state index contributed by atoms with van der Waals surface area (Å²) in [5, 5.41) is 4.86. The first kappa shape index (κ1) is 21.0. The smallest absolute Gasteiger partial charge is 0.136 e. The lowest BCUT2D eigenvalue weighted by atomic mass is 9.98. The topological polar surface area (TPSA) is 18.1 Å². The molecule has 0 amide bonds. The van der Waals surface area contributed by atoms with Gasteiger partial charge in [-0.05, 0) is 70.8 Å². The third kappa shape index (κ3) is 3.21. The van der Waals surface area contributed by atoms with E-state index in [1.54, 1.807) is 0 Å². The molecule has 0 bridgehead atoms. The highest BCUT2D eigenvalue weighted by Crippen LogP contribution is 2.35. The number of para-hydroxylation sites is 3. The SMILES string of the molecule is c1cc(-c2cccc(-n3c4ccccc4c4ccccc43)c2)cc(-c2ccc3c(c2)oc2ccccc23)c1. The monoisotopic (exact) mass is 485 g/mol. The quantitative estimate of drug-likeness (QED) is 0.243. The number of aromatic nitrogens is 1. The highest BCUT2D eigenvalue weighted by atomic mass is 16.3. The number of hydrogen-bond donors (Lipinski definition) is 0. The van der Waals surface area contributed by atoms with E-state index in [0.29, 0.717) is 0 Å². The molecule has 8 aromatic rings. The van der Waals surface area contributed by atoms with Crippen LogP contribution in [0.1, 0.15) is 0 Å². The summed E-state index contributed by atoms with van der Waals surface area (Å²) in [6.07, 6.45) is 0. The molecule has 8 rings (SSSR count). The van der Waals surface area contributed by atoms with Gasteiger partial charge in [0.2, 0.25) is 0 Å². The molecule has 0 saturated heterocycles. The molecule has 0 radical (unpaired) electrons. The van der Waals surface area contributed by atoms with Crippen LogP contribution in [-0.4, -0.2) is 4.57 Å². The zero-order valence-electron chi connectivity index (χ0n) is 20.6. The van der Waals surface area contributed by atoms with Gasteiger partial charge in [-0.15, -0.1) is 0 Å². The molecule has 38 heavy (non-hydrogen) atoms. The van der Waals surface area contributed by atoms with Crippen LogP contribution in [0, 0.1) is 0 Å². The number of furan rings is 1. The molecule has 0 aliphatic carbocycles. The summed E-state index contributed by atoms with van der Waals surface area (Å²) in [5.74, 6) is 0. The van der Waals surface area contributed by atoms with E-state index in [4.69, 9.17) is 4.42 Å². The number of fused-ring (bicyclic) bond motifs is 6. The number of rotatable bonds is 3. The maximum absolute atomic E-state index is 6.15. The van der Waals surface area contributed by atoms with E-state index in [-0.39, 0.29) is 0 Å². The lowest BCUT2D eigenvalue weighted by molar-refractivity contribution is 0.669. The summed E-state index contributed by atoms with van der Waals surface area (Å²) >= 11 is 0. The maximum Gasteiger partial charge on any atom is 0.136 e. The minimum atomic E-state index is 0.919. The molecule has 0 aliphatic rings. The van der Waals surface area contributed by atoms with E-state index in [0.717, 1.165) is 33.2 Å². The van der Waals surface area contributed by atoms with Crippen molar-refractivity contribution in [1.29, 1.82) is 0 Å². The summed E-state index contributed by atoms with van der Waals surface area (Å²) in [7, 11) is 0. The van der Waals surface area contributed by atoms with E-state index in [1.807, 2.05) is 12.1 Å². The molecule has 2 heterocycles. The van der Waals surface area contributed by atoms with Crippen LogP contribution >= 0.6 is 0 Å². The van der Waals surface area contributed by atoms with E-state index in [9.17, 15) is 0 Å². The Balaban J connectivity index is 1.24. The van der Waals surface area contributed by atoms with Crippen molar-refractivity contribution in [2.45, 2.75) is 0 Å². The van der Waals surface area contributed by atoms with Crippen molar-refractivity contribution in [3.8, 4) is 27.9 Å². The van der Waals surface area contributed by atoms with Gasteiger partial charge >= 0.3 is 0 Å². The molecule has 0 saturated carbocycles. The van der Waals surface area contributed by atoms with Crippen molar-refractivity contribution in [2.24, 2.45) is 0 Å². The first-order chi connectivity index (χ1) is 18.8. The second-order valence-corrected chi connectivity index (χ2v) is 9.81. The van der Waals surface area contributed by atoms with Crippen LogP contribution in [0.25, 0.3) is 71.7 Å². The van der Waals surface area contributed by atoms with Crippen LogP contribution in [0.5, 0.6) is 0 Å². The van der Waals surface area contributed by atoms with Crippen molar-refractivity contribution in [1.82, 2.24) is 4.57 Å². The minimum absolute atomic E-state index is 0.919. The largest absolute Gasteiger partial charge is 0.456 e. The molecule has 2 heteroatoms. The van der Waals surface area contributed by atoms with Crippen molar-refractivity contribution in [3.05, 3.63) is 140 Å². The Labute approximate surface area is 220 Å². The standard InChI is InChI=1S/C36H23NO/c1-4-16-33-29(13-1)30-14-2-5-17-34(30)37(33)28-12-8-11-26(22-28)24-9-7-10-25(21-24)27-19-20-32-31-15-3-6-18-35(31)38-36(32)23-27/h1-23H. The van der Waals surface area contributed by atoms with Crippen molar-refractivity contribution in [2.75, 3.05) is 0 Å². The number of hydrogen-bond acceptors (Lipinski definition) is 1. The van der Waals surface area contributed by atoms with E-state index >= 15 is 0 Å². The molecule has 0 fully saturated rings. The third-order valence-corrected chi connectivity index (χ3v) is 7.59. The van der Waals surface area contributed by atoms with E-state index in [2.05, 4.69) is 132 Å². The van der Waals surface area contributed by atoms with Crippen LogP contribution in [0.2, 0.25) is 0 Å². The van der Waals surface area contributed by atoms with Crippen LogP contribution in [0.3, 0.4) is 0 Å². The van der Waals surface area contributed by atoms with Crippen LogP contribution in [0.15, 0.2) is 144 Å². The molecule has 6 aromatic carbocycles. The first-order valence-electron chi connectivity index (χ1n) is 12.9. The Morgan fingerprint density at radius 1 is 0.368 bits per heavy atom. The Morgan fingerprint density at radius 2 is 0.921 bits per heavy atom. The van der Waals surface area contributed by atoms with Gasteiger partial charge in [-0.1, -0.05) is 91.0 Å². The predicted molar refractivity (Wildman–Crippen MR) is 159 cm³/mol. The molecule has 178 valence electrons. The zero-order chi connectivity index (χ0) is 25.1. The van der Waals surface area contributed by atoms with Gasteiger partial charge in [0, 0.05) is 27.2 Å². The number of nitrogens with zero attached hydrogens (tertiary/aromatic N) is 1. The summed E-state index contributed by atoms with van der Waals surface area (Å²) in [4.78, 5) is 0. The van der Waals surface area contributed by atoms with Gasteiger partial charge in [-0.25, -0.2) is 0 Å². The summed E-state index contributed by atoms with van der Waals surface area (Å²) < 4.78 is 8.52. The van der Waals surface area contributed by atoms with E-state index < -0.39 is 0 Å². The van der Waals surface area contributed by atoms with Crippen LogP contribution < -0.4 is 0 Å². The van der Waals surface area contributed by atoms with Gasteiger partial charge in [0.25, 0.3) is 0 Å². The predicted octanol–water partition coefficient (Wildman–Crippen LogP) is 10.0. The lowest BCUT2D eigenvalue weighted by Crippen LogP contribution is -1.94. The van der Waals surface area contributed by atoms with Crippen LogP contribution in [0.4, 0.5) is 0 Å². The Hall–Kier alpha value is -5.08. The molecular formula is C36H23NO. The van der Waals surface area contributed by atoms with Gasteiger partial charge in [0.1, 0.15) is 11.2 Å². The van der Waals surface area contributed by atoms with Gasteiger partial charge in [-0.2, -0.15) is 0 Å². The zero-order valence-corrected chi connectivity index (χ0v) is 20.6. The van der Waals surface area contributed by atoms with Crippen molar-refractivity contribution >= 4 is 43.7 Å².